The number of carboxylic acid groups (broad SMARTS) is 1. The van der Waals surface area contributed by atoms with Crippen molar-refractivity contribution in [2.45, 2.75) is 13.5 Å². The molecule has 27 heavy (non-hydrogen) atoms. The van der Waals surface area contributed by atoms with Gasteiger partial charge in [-0.15, -0.1) is 0 Å². The van der Waals surface area contributed by atoms with Crippen LogP contribution in [-0.4, -0.2) is 43.1 Å². The van der Waals surface area contributed by atoms with E-state index in [0.29, 0.717) is 6.54 Å². The highest BCUT2D eigenvalue weighted by Crippen LogP contribution is 2.26. The van der Waals surface area contributed by atoms with Crippen molar-refractivity contribution in [2.24, 2.45) is 0 Å². The van der Waals surface area contributed by atoms with E-state index in [1.807, 2.05) is 60.5 Å². The third kappa shape index (κ3) is 3.95. The van der Waals surface area contributed by atoms with Gasteiger partial charge in [-0.1, -0.05) is 12.1 Å². The van der Waals surface area contributed by atoms with Crippen molar-refractivity contribution >= 4 is 12.1 Å². The summed E-state index contributed by atoms with van der Waals surface area (Å²) in [6.07, 6.45) is 7.58. The molecular weight excluding hydrogens is 346 g/mol. The maximum Gasteiger partial charge on any atom is 0.290 e. The Morgan fingerprint density at radius 3 is 2.70 bits per heavy atom. The summed E-state index contributed by atoms with van der Waals surface area (Å²) in [5, 5.41) is 15.9. The first-order chi connectivity index (χ1) is 13.2. The summed E-state index contributed by atoms with van der Waals surface area (Å²) in [7, 11) is 1.67. The molecule has 0 aliphatic heterocycles. The van der Waals surface area contributed by atoms with Gasteiger partial charge in [-0.05, 0) is 30.7 Å². The van der Waals surface area contributed by atoms with Crippen molar-refractivity contribution in [3.63, 3.8) is 0 Å². The number of ether oxygens (including phenoxy) is 1. The number of rotatable bonds is 4. The fourth-order valence-corrected chi connectivity index (χ4v) is 2.83. The van der Waals surface area contributed by atoms with E-state index in [4.69, 9.17) is 14.6 Å². The largest absolute Gasteiger partial charge is 0.497 e. The molecule has 3 aromatic heterocycles. The van der Waals surface area contributed by atoms with Gasteiger partial charge >= 0.3 is 0 Å². The number of aryl methyl sites for hydroxylation is 1. The van der Waals surface area contributed by atoms with Crippen molar-refractivity contribution in [1.82, 2.24) is 24.4 Å². The lowest BCUT2D eigenvalue weighted by atomic mass is 10.1. The molecule has 0 fully saturated rings. The number of carbonyl (C=O) groups is 1. The van der Waals surface area contributed by atoms with Gasteiger partial charge in [0.05, 0.1) is 31.1 Å². The van der Waals surface area contributed by atoms with E-state index in [9.17, 15) is 0 Å². The molecule has 0 atom stereocenters. The SMILES string of the molecule is COc1ccc(Cn2cc(-c3c(C)nn4cccnc34)cn2)cc1.O=CO. The molecule has 138 valence electrons. The third-order valence-electron chi connectivity index (χ3n) is 4.00. The van der Waals surface area contributed by atoms with Crippen molar-refractivity contribution < 1.29 is 14.6 Å². The van der Waals surface area contributed by atoms with Gasteiger partial charge in [-0.2, -0.15) is 10.2 Å². The zero-order chi connectivity index (χ0) is 19.2. The fraction of sp³-hybridized carbons (Fsp3) is 0.158. The van der Waals surface area contributed by atoms with Crippen LogP contribution in [0, 0.1) is 6.92 Å². The molecule has 0 saturated heterocycles. The first-order valence-corrected chi connectivity index (χ1v) is 8.20. The monoisotopic (exact) mass is 365 g/mol. The van der Waals surface area contributed by atoms with E-state index in [2.05, 4.69) is 15.2 Å². The lowest BCUT2D eigenvalue weighted by Gasteiger charge is -2.03. The van der Waals surface area contributed by atoms with Gasteiger partial charge in [0.15, 0.2) is 5.65 Å². The molecule has 4 rings (SSSR count). The molecule has 0 radical (unpaired) electrons. The Morgan fingerprint density at radius 1 is 1.26 bits per heavy atom. The molecule has 3 heterocycles. The van der Waals surface area contributed by atoms with Crippen LogP contribution in [-0.2, 0) is 11.3 Å². The number of benzene rings is 1. The van der Waals surface area contributed by atoms with Crippen molar-refractivity contribution in [1.29, 1.82) is 0 Å². The molecule has 0 aliphatic carbocycles. The Balaban J connectivity index is 0.000000659. The number of fused-ring (bicyclic) bond motifs is 1. The average molecular weight is 365 g/mol. The van der Waals surface area contributed by atoms with E-state index in [0.717, 1.165) is 28.2 Å². The molecule has 0 aliphatic rings. The highest BCUT2D eigenvalue weighted by molar-refractivity contribution is 5.78. The molecular formula is C19H19N5O3. The van der Waals surface area contributed by atoms with Crippen LogP contribution in [0.1, 0.15) is 11.3 Å². The summed E-state index contributed by atoms with van der Waals surface area (Å²) in [6, 6.07) is 9.87. The Kier molecular flexibility index (Phi) is 5.46. The Morgan fingerprint density at radius 2 is 2.00 bits per heavy atom. The van der Waals surface area contributed by atoms with Gasteiger partial charge < -0.3 is 9.84 Å². The second-order valence-corrected chi connectivity index (χ2v) is 5.73. The minimum absolute atomic E-state index is 0.250. The van der Waals surface area contributed by atoms with Crippen LogP contribution < -0.4 is 4.74 Å². The summed E-state index contributed by atoms with van der Waals surface area (Å²) < 4.78 is 8.90. The quantitative estimate of drug-likeness (QED) is 0.559. The van der Waals surface area contributed by atoms with E-state index in [-0.39, 0.29) is 6.47 Å². The van der Waals surface area contributed by atoms with E-state index < -0.39 is 0 Å². The van der Waals surface area contributed by atoms with Crippen molar-refractivity contribution in [3.05, 3.63) is 66.4 Å². The minimum atomic E-state index is -0.250. The number of hydrogen-bond acceptors (Lipinski definition) is 5. The molecule has 1 N–H and O–H groups in total. The fourth-order valence-electron chi connectivity index (χ4n) is 2.83. The van der Waals surface area contributed by atoms with Gasteiger partial charge in [0, 0.05) is 24.2 Å². The normalized spacial score (nSPS) is 10.3. The summed E-state index contributed by atoms with van der Waals surface area (Å²) in [5.74, 6) is 0.855. The molecule has 0 unspecified atom stereocenters. The smallest absolute Gasteiger partial charge is 0.290 e. The average Bonchev–Trinajstić information content (AvgIpc) is 3.26. The second-order valence-electron chi connectivity index (χ2n) is 5.73. The Labute approximate surface area is 155 Å². The predicted octanol–water partition coefficient (Wildman–Crippen LogP) is 2.66. The number of aromatic nitrogens is 5. The first-order valence-electron chi connectivity index (χ1n) is 8.20. The van der Waals surface area contributed by atoms with E-state index in [1.54, 1.807) is 17.8 Å². The summed E-state index contributed by atoms with van der Waals surface area (Å²) in [4.78, 5) is 12.8. The zero-order valence-electron chi connectivity index (χ0n) is 15.0. The molecule has 0 saturated carbocycles. The third-order valence-corrected chi connectivity index (χ3v) is 4.00. The van der Waals surface area contributed by atoms with Gasteiger partial charge in [0.2, 0.25) is 0 Å². The molecule has 0 amide bonds. The first kappa shape index (κ1) is 18.1. The van der Waals surface area contributed by atoms with Gasteiger partial charge in [0.1, 0.15) is 5.75 Å². The molecule has 0 bridgehead atoms. The minimum Gasteiger partial charge on any atom is -0.497 e. The summed E-state index contributed by atoms with van der Waals surface area (Å²) >= 11 is 0. The zero-order valence-corrected chi connectivity index (χ0v) is 15.0. The van der Waals surface area contributed by atoms with Crippen LogP contribution in [0.2, 0.25) is 0 Å². The van der Waals surface area contributed by atoms with Crippen molar-refractivity contribution in [3.8, 4) is 16.9 Å². The predicted molar refractivity (Wildman–Crippen MR) is 99.7 cm³/mol. The number of methoxy groups -OCH3 is 1. The molecule has 8 heteroatoms. The number of nitrogens with zero attached hydrogens (tertiary/aromatic N) is 5. The Hall–Kier alpha value is -3.68. The summed E-state index contributed by atoms with van der Waals surface area (Å²) in [6.45, 7) is 2.44. The lowest BCUT2D eigenvalue weighted by molar-refractivity contribution is -0.122. The maximum absolute atomic E-state index is 8.36. The van der Waals surface area contributed by atoms with Crippen molar-refractivity contribution in [2.75, 3.05) is 7.11 Å². The second kappa shape index (κ2) is 8.13. The molecule has 1 aromatic carbocycles. The van der Waals surface area contributed by atoms with Crippen LogP contribution in [0.3, 0.4) is 0 Å². The van der Waals surface area contributed by atoms with Crippen LogP contribution >= 0.6 is 0 Å². The van der Waals surface area contributed by atoms with Crippen LogP contribution in [0.15, 0.2) is 55.1 Å². The van der Waals surface area contributed by atoms with Gasteiger partial charge in [0.25, 0.3) is 6.47 Å². The molecule has 8 nitrogen and oxygen atoms in total. The number of hydrogen-bond donors (Lipinski definition) is 1. The van der Waals surface area contributed by atoms with Crippen LogP contribution in [0.4, 0.5) is 0 Å². The van der Waals surface area contributed by atoms with Gasteiger partial charge in [-0.25, -0.2) is 9.50 Å². The lowest BCUT2D eigenvalue weighted by Crippen LogP contribution is -1.99. The van der Waals surface area contributed by atoms with Crippen LogP contribution in [0.5, 0.6) is 5.75 Å². The van der Waals surface area contributed by atoms with E-state index in [1.165, 1.54) is 5.56 Å². The topological polar surface area (TPSA) is 94.5 Å². The molecule has 0 spiro atoms. The standard InChI is InChI=1S/C18H17N5O.CH2O2/c1-13-17(18-19-8-3-9-23(18)21-13)15-10-20-22(12-15)11-14-4-6-16(24-2)7-5-14;2-1-3/h3-10,12H,11H2,1-2H3;1H,(H,2,3). The highest BCUT2D eigenvalue weighted by Gasteiger charge is 2.14. The van der Waals surface area contributed by atoms with Crippen LogP contribution in [0.25, 0.3) is 16.8 Å². The molecule has 4 aromatic rings. The van der Waals surface area contributed by atoms with Gasteiger partial charge in [-0.3, -0.25) is 9.48 Å². The highest BCUT2D eigenvalue weighted by atomic mass is 16.5. The summed E-state index contributed by atoms with van der Waals surface area (Å²) in [5.41, 5.74) is 5.00. The van der Waals surface area contributed by atoms with E-state index >= 15 is 0 Å². The Bertz CT molecular complexity index is 1040. The maximum atomic E-state index is 8.36.